The summed E-state index contributed by atoms with van der Waals surface area (Å²) < 4.78 is 5.15. The molecule has 4 heteroatoms. The maximum atomic E-state index is 5.15. The van der Waals surface area contributed by atoms with Crippen LogP contribution in [0, 0.1) is 0 Å². The molecular formula is C12H19N3O. The molecule has 0 bridgehead atoms. The van der Waals surface area contributed by atoms with Crippen molar-refractivity contribution in [2.45, 2.75) is 26.2 Å². The van der Waals surface area contributed by atoms with Gasteiger partial charge in [-0.3, -0.25) is 0 Å². The van der Waals surface area contributed by atoms with Gasteiger partial charge in [-0.15, -0.1) is 6.58 Å². The number of hydrogen-bond donors (Lipinski definition) is 1. The van der Waals surface area contributed by atoms with E-state index in [9.17, 15) is 0 Å². The minimum Gasteiger partial charge on any atom is -0.481 e. The molecule has 0 aliphatic rings. The summed E-state index contributed by atoms with van der Waals surface area (Å²) in [7, 11) is 1.60. The van der Waals surface area contributed by atoms with Gasteiger partial charge in [0.05, 0.1) is 7.11 Å². The third-order valence-corrected chi connectivity index (χ3v) is 2.01. The Morgan fingerprint density at radius 3 is 2.62 bits per heavy atom. The predicted octanol–water partition coefficient (Wildman–Crippen LogP) is 2.38. The van der Waals surface area contributed by atoms with Gasteiger partial charge >= 0.3 is 0 Å². The van der Waals surface area contributed by atoms with Crippen molar-refractivity contribution in [3.8, 4) is 5.88 Å². The molecular weight excluding hydrogens is 202 g/mol. The van der Waals surface area contributed by atoms with Crippen LogP contribution in [-0.4, -0.2) is 23.6 Å². The minimum atomic E-state index is -0.0981. The van der Waals surface area contributed by atoms with Gasteiger partial charge in [-0.1, -0.05) is 26.8 Å². The molecule has 4 nitrogen and oxygen atoms in total. The Balaban J connectivity index is 3.05. The minimum absolute atomic E-state index is 0.0981. The molecule has 1 aromatic rings. The molecule has 0 radical (unpaired) electrons. The number of aromatic nitrogens is 2. The average molecular weight is 221 g/mol. The Labute approximate surface area is 96.8 Å². The predicted molar refractivity (Wildman–Crippen MR) is 66.0 cm³/mol. The molecule has 0 saturated carbocycles. The molecule has 0 aliphatic heterocycles. The third-order valence-electron chi connectivity index (χ3n) is 2.01. The summed E-state index contributed by atoms with van der Waals surface area (Å²) in [4.78, 5) is 8.77. The zero-order valence-electron chi connectivity index (χ0n) is 10.4. The second-order valence-corrected chi connectivity index (χ2v) is 4.54. The molecule has 0 spiro atoms. The molecule has 0 fully saturated rings. The van der Waals surface area contributed by atoms with E-state index in [-0.39, 0.29) is 5.41 Å². The van der Waals surface area contributed by atoms with E-state index < -0.39 is 0 Å². The van der Waals surface area contributed by atoms with Crippen molar-refractivity contribution < 1.29 is 4.74 Å². The second kappa shape index (κ2) is 4.96. The lowest BCUT2D eigenvalue weighted by molar-refractivity contribution is 0.389. The van der Waals surface area contributed by atoms with Crippen molar-refractivity contribution in [1.82, 2.24) is 9.97 Å². The van der Waals surface area contributed by atoms with Gasteiger partial charge in [-0.05, 0) is 0 Å². The smallest absolute Gasteiger partial charge is 0.218 e. The molecule has 0 amide bonds. The number of ether oxygens (including phenoxy) is 1. The Kier molecular flexibility index (Phi) is 3.88. The molecule has 16 heavy (non-hydrogen) atoms. The normalized spacial score (nSPS) is 11.0. The van der Waals surface area contributed by atoms with Crippen LogP contribution in [0.5, 0.6) is 5.88 Å². The largest absolute Gasteiger partial charge is 0.481 e. The Hall–Kier alpha value is -1.58. The molecule has 1 rings (SSSR count). The molecule has 88 valence electrons. The van der Waals surface area contributed by atoms with E-state index in [2.05, 4.69) is 42.6 Å². The number of anilines is 1. The van der Waals surface area contributed by atoms with Crippen LogP contribution in [-0.2, 0) is 5.41 Å². The molecule has 0 unspecified atom stereocenters. The van der Waals surface area contributed by atoms with Crippen molar-refractivity contribution in [1.29, 1.82) is 0 Å². The van der Waals surface area contributed by atoms with E-state index in [0.29, 0.717) is 12.4 Å². The quantitative estimate of drug-likeness (QED) is 0.793. The number of rotatable bonds is 4. The summed E-state index contributed by atoms with van der Waals surface area (Å²) in [5.74, 6) is 2.10. The van der Waals surface area contributed by atoms with Gasteiger partial charge < -0.3 is 10.1 Å². The Bertz CT molecular complexity index is 369. The highest BCUT2D eigenvalue weighted by Crippen LogP contribution is 2.22. The molecule has 1 heterocycles. The van der Waals surface area contributed by atoms with E-state index in [0.717, 1.165) is 11.6 Å². The molecule has 0 aliphatic carbocycles. The zero-order chi connectivity index (χ0) is 12.2. The number of methoxy groups -OCH3 is 1. The van der Waals surface area contributed by atoms with Crippen LogP contribution in [0.15, 0.2) is 18.7 Å². The third kappa shape index (κ3) is 3.22. The van der Waals surface area contributed by atoms with Crippen molar-refractivity contribution in [3.05, 3.63) is 24.5 Å². The van der Waals surface area contributed by atoms with E-state index >= 15 is 0 Å². The van der Waals surface area contributed by atoms with Crippen molar-refractivity contribution in [2.75, 3.05) is 19.0 Å². The Morgan fingerprint density at radius 2 is 2.12 bits per heavy atom. The lowest BCUT2D eigenvalue weighted by Crippen LogP contribution is -2.17. The molecule has 0 saturated heterocycles. The number of nitrogens with zero attached hydrogens (tertiary/aromatic N) is 2. The number of nitrogens with one attached hydrogen (secondary N) is 1. The molecule has 0 aromatic carbocycles. The van der Waals surface area contributed by atoms with Crippen molar-refractivity contribution in [2.24, 2.45) is 0 Å². The van der Waals surface area contributed by atoms with Crippen LogP contribution < -0.4 is 10.1 Å². The summed E-state index contributed by atoms with van der Waals surface area (Å²) >= 11 is 0. The summed E-state index contributed by atoms with van der Waals surface area (Å²) in [6.07, 6.45) is 1.78. The van der Waals surface area contributed by atoms with Gasteiger partial charge in [0.15, 0.2) is 0 Å². The molecule has 0 atom stereocenters. The van der Waals surface area contributed by atoms with Crippen molar-refractivity contribution in [3.63, 3.8) is 0 Å². The fourth-order valence-corrected chi connectivity index (χ4v) is 1.13. The van der Waals surface area contributed by atoms with Crippen LogP contribution in [0.2, 0.25) is 0 Å². The van der Waals surface area contributed by atoms with Gasteiger partial charge in [0.25, 0.3) is 0 Å². The number of hydrogen-bond acceptors (Lipinski definition) is 4. The fraction of sp³-hybridized carbons (Fsp3) is 0.500. The van der Waals surface area contributed by atoms with Crippen molar-refractivity contribution >= 4 is 5.82 Å². The summed E-state index contributed by atoms with van der Waals surface area (Å²) in [5.41, 5.74) is -0.0981. The molecule has 1 aromatic heterocycles. The highest BCUT2D eigenvalue weighted by atomic mass is 16.5. The Morgan fingerprint density at radius 1 is 1.44 bits per heavy atom. The highest BCUT2D eigenvalue weighted by molar-refractivity contribution is 5.39. The van der Waals surface area contributed by atoms with E-state index in [1.807, 2.05) is 0 Å². The van der Waals surface area contributed by atoms with E-state index in [4.69, 9.17) is 4.74 Å². The zero-order valence-corrected chi connectivity index (χ0v) is 10.4. The maximum absolute atomic E-state index is 5.15. The topological polar surface area (TPSA) is 47.0 Å². The molecule has 1 N–H and O–H groups in total. The van der Waals surface area contributed by atoms with Crippen LogP contribution >= 0.6 is 0 Å². The SMILES string of the molecule is C=CCNc1cc(OC)nc(C(C)(C)C)n1. The fourth-order valence-electron chi connectivity index (χ4n) is 1.13. The van der Waals surface area contributed by atoms with Gasteiger partial charge in [0.1, 0.15) is 11.6 Å². The lowest BCUT2D eigenvalue weighted by atomic mass is 9.96. The van der Waals surface area contributed by atoms with Crippen LogP contribution in [0.4, 0.5) is 5.82 Å². The first-order valence-electron chi connectivity index (χ1n) is 5.25. The van der Waals surface area contributed by atoms with Gasteiger partial charge in [0.2, 0.25) is 5.88 Å². The standard InChI is InChI=1S/C12H19N3O/c1-6-7-13-9-8-10(16-5)15-11(14-9)12(2,3)4/h6,8H,1,7H2,2-5H3,(H,13,14,15). The van der Waals surface area contributed by atoms with Crippen LogP contribution in [0.1, 0.15) is 26.6 Å². The monoisotopic (exact) mass is 221 g/mol. The summed E-state index contributed by atoms with van der Waals surface area (Å²) in [6, 6.07) is 1.78. The second-order valence-electron chi connectivity index (χ2n) is 4.54. The van der Waals surface area contributed by atoms with E-state index in [1.165, 1.54) is 0 Å². The summed E-state index contributed by atoms with van der Waals surface area (Å²) in [6.45, 7) is 10.5. The van der Waals surface area contributed by atoms with Crippen LogP contribution in [0.25, 0.3) is 0 Å². The first kappa shape index (κ1) is 12.5. The maximum Gasteiger partial charge on any atom is 0.218 e. The first-order valence-corrected chi connectivity index (χ1v) is 5.25. The van der Waals surface area contributed by atoms with Gasteiger partial charge in [-0.2, -0.15) is 4.98 Å². The van der Waals surface area contributed by atoms with Crippen LogP contribution in [0.3, 0.4) is 0 Å². The highest BCUT2D eigenvalue weighted by Gasteiger charge is 2.19. The average Bonchev–Trinajstić information content (AvgIpc) is 2.24. The van der Waals surface area contributed by atoms with Gasteiger partial charge in [0, 0.05) is 18.0 Å². The van der Waals surface area contributed by atoms with Gasteiger partial charge in [-0.25, -0.2) is 4.98 Å². The summed E-state index contributed by atoms with van der Waals surface area (Å²) in [5, 5.41) is 3.13. The van der Waals surface area contributed by atoms with E-state index in [1.54, 1.807) is 19.3 Å². The first-order chi connectivity index (χ1) is 7.47. The lowest BCUT2D eigenvalue weighted by Gasteiger charge is -2.18.